The fraction of sp³-hybridized carbons (Fsp3) is 1.00. The van der Waals surface area contributed by atoms with E-state index in [1.165, 1.54) is 19.3 Å². The SMILES string of the molecule is CC(C)CCCC(C)(C)NC(C)C. The van der Waals surface area contributed by atoms with Crippen LogP contribution in [0.2, 0.25) is 0 Å². The van der Waals surface area contributed by atoms with E-state index in [1.807, 2.05) is 0 Å². The van der Waals surface area contributed by atoms with Crippen LogP contribution < -0.4 is 5.32 Å². The van der Waals surface area contributed by atoms with E-state index in [-0.39, 0.29) is 0 Å². The summed E-state index contributed by atoms with van der Waals surface area (Å²) in [6.07, 6.45) is 3.97. The Kier molecular flexibility index (Phi) is 5.62. The molecule has 0 unspecified atom stereocenters. The van der Waals surface area contributed by atoms with Gasteiger partial charge >= 0.3 is 0 Å². The lowest BCUT2D eigenvalue weighted by Crippen LogP contribution is -2.43. The van der Waals surface area contributed by atoms with E-state index in [1.54, 1.807) is 0 Å². The van der Waals surface area contributed by atoms with Crippen molar-refractivity contribution in [2.45, 2.75) is 72.4 Å². The third-order valence-electron chi connectivity index (χ3n) is 2.26. The Balaban J connectivity index is 3.62. The van der Waals surface area contributed by atoms with Crippen LogP contribution >= 0.6 is 0 Å². The standard InChI is InChI=1S/C12H27N/c1-10(2)8-7-9-12(5,6)13-11(3)4/h10-11,13H,7-9H2,1-6H3. The van der Waals surface area contributed by atoms with Crippen LogP contribution in [0.25, 0.3) is 0 Å². The number of hydrogen-bond acceptors (Lipinski definition) is 1. The minimum Gasteiger partial charge on any atom is -0.310 e. The normalized spacial score (nSPS) is 12.9. The zero-order chi connectivity index (χ0) is 10.5. The second kappa shape index (κ2) is 5.64. The smallest absolute Gasteiger partial charge is 0.0127 e. The molecule has 0 fully saturated rings. The van der Waals surface area contributed by atoms with Crippen molar-refractivity contribution in [2.24, 2.45) is 5.92 Å². The summed E-state index contributed by atoms with van der Waals surface area (Å²) in [4.78, 5) is 0. The van der Waals surface area contributed by atoms with E-state index in [4.69, 9.17) is 0 Å². The number of hydrogen-bond donors (Lipinski definition) is 1. The quantitative estimate of drug-likeness (QED) is 0.667. The molecule has 0 aromatic rings. The first-order chi connectivity index (χ1) is 5.83. The average molecular weight is 185 g/mol. The Hall–Kier alpha value is -0.0400. The van der Waals surface area contributed by atoms with Gasteiger partial charge in [-0.05, 0) is 26.2 Å². The Morgan fingerprint density at radius 1 is 1.08 bits per heavy atom. The van der Waals surface area contributed by atoms with Gasteiger partial charge in [-0.15, -0.1) is 0 Å². The van der Waals surface area contributed by atoms with Gasteiger partial charge < -0.3 is 5.32 Å². The lowest BCUT2D eigenvalue weighted by Gasteiger charge is -2.29. The van der Waals surface area contributed by atoms with E-state index in [9.17, 15) is 0 Å². The Labute approximate surface area is 84.3 Å². The van der Waals surface area contributed by atoms with Gasteiger partial charge in [0, 0.05) is 11.6 Å². The van der Waals surface area contributed by atoms with Crippen LogP contribution in [0.1, 0.15) is 60.8 Å². The largest absolute Gasteiger partial charge is 0.310 e. The van der Waals surface area contributed by atoms with Crippen LogP contribution in [0.3, 0.4) is 0 Å². The number of nitrogens with one attached hydrogen (secondary N) is 1. The third kappa shape index (κ3) is 8.29. The van der Waals surface area contributed by atoms with E-state index in [0.717, 1.165) is 5.92 Å². The van der Waals surface area contributed by atoms with Crippen molar-refractivity contribution in [3.8, 4) is 0 Å². The van der Waals surface area contributed by atoms with Gasteiger partial charge in [-0.2, -0.15) is 0 Å². The van der Waals surface area contributed by atoms with Crippen molar-refractivity contribution in [1.29, 1.82) is 0 Å². The minimum absolute atomic E-state index is 0.309. The highest BCUT2D eigenvalue weighted by Gasteiger charge is 2.17. The molecule has 0 bridgehead atoms. The van der Waals surface area contributed by atoms with Crippen molar-refractivity contribution in [1.82, 2.24) is 5.32 Å². The first kappa shape index (κ1) is 13.0. The molecular formula is C12H27N. The molecule has 0 spiro atoms. The maximum atomic E-state index is 3.59. The van der Waals surface area contributed by atoms with Crippen LogP contribution in [-0.4, -0.2) is 11.6 Å². The fourth-order valence-electron chi connectivity index (χ4n) is 1.81. The molecule has 0 radical (unpaired) electrons. The molecule has 0 amide bonds. The molecule has 1 nitrogen and oxygen atoms in total. The van der Waals surface area contributed by atoms with Crippen molar-refractivity contribution in [3.63, 3.8) is 0 Å². The lowest BCUT2D eigenvalue weighted by atomic mass is 9.94. The van der Waals surface area contributed by atoms with E-state index in [2.05, 4.69) is 46.9 Å². The van der Waals surface area contributed by atoms with E-state index >= 15 is 0 Å². The molecule has 0 aliphatic heterocycles. The zero-order valence-electron chi connectivity index (χ0n) is 10.3. The molecule has 0 aliphatic rings. The highest BCUT2D eigenvalue weighted by molar-refractivity contribution is 4.79. The minimum atomic E-state index is 0.309. The maximum absolute atomic E-state index is 3.59. The summed E-state index contributed by atoms with van der Waals surface area (Å²) < 4.78 is 0. The van der Waals surface area contributed by atoms with Crippen LogP contribution in [0.4, 0.5) is 0 Å². The monoisotopic (exact) mass is 185 g/mol. The first-order valence-electron chi connectivity index (χ1n) is 5.61. The average Bonchev–Trinajstić information content (AvgIpc) is 1.81. The second-order valence-electron chi connectivity index (χ2n) is 5.47. The number of rotatable bonds is 6. The van der Waals surface area contributed by atoms with E-state index in [0.29, 0.717) is 11.6 Å². The van der Waals surface area contributed by atoms with Crippen molar-refractivity contribution in [3.05, 3.63) is 0 Å². The van der Waals surface area contributed by atoms with Crippen LogP contribution in [0, 0.1) is 5.92 Å². The van der Waals surface area contributed by atoms with Gasteiger partial charge in [0.05, 0.1) is 0 Å². The van der Waals surface area contributed by atoms with Gasteiger partial charge in [0.15, 0.2) is 0 Å². The summed E-state index contributed by atoms with van der Waals surface area (Å²) in [6.45, 7) is 13.6. The molecule has 0 heterocycles. The summed E-state index contributed by atoms with van der Waals surface area (Å²) in [6, 6.07) is 0.592. The Bertz CT molecular complexity index is 125. The van der Waals surface area contributed by atoms with Gasteiger partial charge in [0.25, 0.3) is 0 Å². The highest BCUT2D eigenvalue weighted by atomic mass is 15.0. The molecule has 0 aliphatic carbocycles. The lowest BCUT2D eigenvalue weighted by molar-refractivity contribution is 0.315. The summed E-state index contributed by atoms with van der Waals surface area (Å²) in [7, 11) is 0. The van der Waals surface area contributed by atoms with Gasteiger partial charge in [-0.3, -0.25) is 0 Å². The Morgan fingerprint density at radius 3 is 2.00 bits per heavy atom. The van der Waals surface area contributed by atoms with Crippen molar-refractivity contribution < 1.29 is 0 Å². The molecular weight excluding hydrogens is 158 g/mol. The summed E-state index contributed by atoms with van der Waals surface area (Å²) in [5, 5.41) is 3.59. The highest BCUT2D eigenvalue weighted by Crippen LogP contribution is 2.16. The van der Waals surface area contributed by atoms with Crippen LogP contribution in [0.15, 0.2) is 0 Å². The first-order valence-corrected chi connectivity index (χ1v) is 5.61. The summed E-state index contributed by atoms with van der Waals surface area (Å²) in [5.41, 5.74) is 0.309. The molecule has 0 saturated heterocycles. The van der Waals surface area contributed by atoms with Crippen LogP contribution in [-0.2, 0) is 0 Å². The molecule has 13 heavy (non-hydrogen) atoms. The molecule has 0 aromatic carbocycles. The fourth-order valence-corrected chi connectivity index (χ4v) is 1.81. The van der Waals surface area contributed by atoms with Crippen LogP contribution in [0.5, 0.6) is 0 Å². The zero-order valence-corrected chi connectivity index (χ0v) is 10.3. The third-order valence-corrected chi connectivity index (χ3v) is 2.26. The molecule has 0 atom stereocenters. The second-order valence-corrected chi connectivity index (χ2v) is 5.47. The molecule has 1 heteroatoms. The molecule has 0 rings (SSSR count). The predicted octanol–water partition coefficient (Wildman–Crippen LogP) is 3.59. The molecule has 0 saturated carbocycles. The molecule has 80 valence electrons. The van der Waals surface area contributed by atoms with E-state index < -0.39 is 0 Å². The van der Waals surface area contributed by atoms with Gasteiger partial charge in [0.2, 0.25) is 0 Å². The molecule has 1 N–H and O–H groups in total. The molecule has 0 aromatic heterocycles. The van der Waals surface area contributed by atoms with Gasteiger partial charge in [0.1, 0.15) is 0 Å². The Morgan fingerprint density at radius 2 is 1.62 bits per heavy atom. The van der Waals surface area contributed by atoms with Gasteiger partial charge in [-0.25, -0.2) is 0 Å². The summed E-state index contributed by atoms with van der Waals surface area (Å²) in [5.74, 6) is 0.842. The van der Waals surface area contributed by atoms with Gasteiger partial charge in [-0.1, -0.05) is 40.5 Å². The van der Waals surface area contributed by atoms with Crippen molar-refractivity contribution >= 4 is 0 Å². The maximum Gasteiger partial charge on any atom is 0.0127 e. The predicted molar refractivity (Wildman–Crippen MR) is 61.0 cm³/mol. The topological polar surface area (TPSA) is 12.0 Å². The summed E-state index contributed by atoms with van der Waals surface area (Å²) >= 11 is 0. The van der Waals surface area contributed by atoms with Crippen molar-refractivity contribution in [2.75, 3.05) is 0 Å².